The van der Waals surface area contributed by atoms with Crippen LogP contribution < -0.4 is 5.32 Å². The number of fused-ring (bicyclic) bond motifs is 3. The number of nitrogens with one attached hydrogen (secondary N) is 1. The van der Waals surface area contributed by atoms with E-state index in [-0.39, 0.29) is 0 Å². The quantitative estimate of drug-likeness (QED) is 0.896. The van der Waals surface area contributed by atoms with Gasteiger partial charge in [0.1, 0.15) is 0 Å². The lowest BCUT2D eigenvalue weighted by Gasteiger charge is -2.46. The molecule has 2 atom stereocenters. The first-order valence-electron chi connectivity index (χ1n) is 7.68. The van der Waals surface area contributed by atoms with Crippen molar-refractivity contribution in [1.29, 1.82) is 0 Å². The van der Waals surface area contributed by atoms with E-state index in [2.05, 4.69) is 49.2 Å². The SMILES string of the molecule is Cc1cc(C)cc(C(C)NC2CN3CCC2CC3)c1. The van der Waals surface area contributed by atoms with Crippen LogP contribution in [-0.2, 0) is 0 Å². The van der Waals surface area contributed by atoms with Crippen LogP contribution in [0, 0.1) is 19.8 Å². The lowest BCUT2D eigenvalue weighted by atomic mass is 9.83. The summed E-state index contributed by atoms with van der Waals surface area (Å²) in [4.78, 5) is 2.62. The smallest absolute Gasteiger partial charge is 0.0295 e. The Hall–Kier alpha value is -0.860. The molecule has 2 unspecified atom stereocenters. The molecule has 19 heavy (non-hydrogen) atoms. The summed E-state index contributed by atoms with van der Waals surface area (Å²) in [5.41, 5.74) is 4.18. The molecule has 104 valence electrons. The predicted molar refractivity (Wildman–Crippen MR) is 80.4 cm³/mol. The highest BCUT2D eigenvalue weighted by Gasteiger charge is 2.34. The molecule has 3 aliphatic rings. The third-order valence-corrected chi connectivity index (χ3v) is 4.86. The summed E-state index contributed by atoms with van der Waals surface area (Å²) >= 11 is 0. The summed E-state index contributed by atoms with van der Waals surface area (Å²) in [6.07, 6.45) is 2.77. The van der Waals surface area contributed by atoms with Crippen molar-refractivity contribution < 1.29 is 0 Å². The average molecular weight is 258 g/mol. The van der Waals surface area contributed by atoms with Gasteiger partial charge >= 0.3 is 0 Å². The molecule has 3 heterocycles. The molecule has 1 aromatic rings. The molecule has 0 amide bonds. The van der Waals surface area contributed by atoms with Crippen LogP contribution in [0.3, 0.4) is 0 Å². The van der Waals surface area contributed by atoms with Crippen LogP contribution in [0.4, 0.5) is 0 Å². The lowest BCUT2D eigenvalue weighted by molar-refractivity contribution is 0.0680. The minimum Gasteiger partial charge on any atom is -0.306 e. The number of piperidine rings is 3. The molecule has 3 fully saturated rings. The van der Waals surface area contributed by atoms with Gasteiger partial charge < -0.3 is 10.2 Å². The second-order valence-corrected chi connectivity index (χ2v) is 6.55. The summed E-state index contributed by atoms with van der Waals surface area (Å²) in [7, 11) is 0. The topological polar surface area (TPSA) is 15.3 Å². The summed E-state index contributed by atoms with van der Waals surface area (Å²) < 4.78 is 0. The maximum absolute atomic E-state index is 3.88. The highest BCUT2D eigenvalue weighted by Crippen LogP contribution is 2.29. The van der Waals surface area contributed by atoms with E-state index < -0.39 is 0 Å². The van der Waals surface area contributed by atoms with E-state index in [1.807, 2.05) is 0 Å². The number of benzene rings is 1. The predicted octanol–water partition coefficient (Wildman–Crippen LogP) is 3.05. The van der Waals surface area contributed by atoms with Gasteiger partial charge in [0.2, 0.25) is 0 Å². The zero-order valence-corrected chi connectivity index (χ0v) is 12.4. The zero-order valence-electron chi connectivity index (χ0n) is 12.4. The Kier molecular flexibility index (Phi) is 3.64. The fourth-order valence-electron chi connectivity index (χ4n) is 3.83. The minimum atomic E-state index is 0.462. The molecule has 0 aliphatic carbocycles. The van der Waals surface area contributed by atoms with Gasteiger partial charge in [0, 0.05) is 18.6 Å². The van der Waals surface area contributed by atoms with Crippen LogP contribution >= 0.6 is 0 Å². The Morgan fingerprint density at radius 2 is 1.74 bits per heavy atom. The van der Waals surface area contributed by atoms with Gasteiger partial charge in [0.05, 0.1) is 0 Å². The number of rotatable bonds is 3. The van der Waals surface area contributed by atoms with E-state index in [9.17, 15) is 0 Å². The molecule has 4 rings (SSSR count). The van der Waals surface area contributed by atoms with E-state index in [1.165, 1.54) is 49.2 Å². The van der Waals surface area contributed by atoms with E-state index in [1.54, 1.807) is 0 Å². The molecule has 0 aromatic heterocycles. The minimum absolute atomic E-state index is 0.462. The Morgan fingerprint density at radius 3 is 2.26 bits per heavy atom. The monoisotopic (exact) mass is 258 g/mol. The zero-order chi connectivity index (χ0) is 13.4. The van der Waals surface area contributed by atoms with Gasteiger partial charge in [-0.15, -0.1) is 0 Å². The first-order chi connectivity index (χ1) is 9.11. The van der Waals surface area contributed by atoms with Crippen LogP contribution in [0.15, 0.2) is 18.2 Å². The van der Waals surface area contributed by atoms with Gasteiger partial charge in [-0.1, -0.05) is 29.3 Å². The molecule has 3 aliphatic heterocycles. The molecule has 0 saturated carbocycles. The molecule has 0 spiro atoms. The van der Waals surface area contributed by atoms with Crippen molar-refractivity contribution in [2.75, 3.05) is 19.6 Å². The van der Waals surface area contributed by atoms with Crippen molar-refractivity contribution in [2.24, 2.45) is 5.92 Å². The molecular formula is C17H26N2. The Morgan fingerprint density at radius 1 is 1.11 bits per heavy atom. The van der Waals surface area contributed by atoms with Crippen molar-refractivity contribution in [1.82, 2.24) is 10.2 Å². The van der Waals surface area contributed by atoms with Crippen LogP contribution in [0.1, 0.15) is 42.5 Å². The van der Waals surface area contributed by atoms with Crippen molar-refractivity contribution in [3.05, 3.63) is 34.9 Å². The van der Waals surface area contributed by atoms with Gasteiger partial charge in [-0.05, 0) is 58.2 Å². The van der Waals surface area contributed by atoms with Crippen LogP contribution in [0.5, 0.6) is 0 Å². The highest BCUT2D eigenvalue weighted by atomic mass is 15.2. The number of aryl methyl sites for hydroxylation is 2. The second kappa shape index (κ2) is 5.26. The highest BCUT2D eigenvalue weighted by molar-refractivity contribution is 5.30. The fraction of sp³-hybridized carbons (Fsp3) is 0.647. The van der Waals surface area contributed by atoms with Crippen LogP contribution in [-0.4, -0.2) is 30.6 Å². The molecular weight excluding hydrogens is 232 g/mol. The molecule has 3 saturated heterocycles. The standard InChI is InChI=1S/C17H26N2/c1-12-8-13(2)10-16(9-12)14(3)18-17-11-19-6-4-15(17)5-7-19/h8-10,14-15,17-18H,4-7,11H2,1-3H3. The average Bonchev–Trinajstić information content (AvgIpc) is 2.39. The Balaban J connectivity index is 1.69. The van der Waals surface area contributed by atoms with E-state index in [0.717, 1.165) is 5.92 Å². The first kappa shape index (κ1) is 13.1. The number of hydrogen-bond donors (Lipinski definition) is 1. The summed E-state index contributed by atoms with van der Waals surface area (Å²) in [6, 6.07) is 8.06. The van der Waals surface area contributed by atoms with Gasteiger partial charge in [0.25, 0.3) is 0 Å². The molecule has 2 nitrogen and oxygen atoms in total. The third-order valence-electron chi connectivity index (χ3n) is 4.86. The number of nitrogens with zero attached hydrogens (tertiary/aromatic N) is 1. The van der Waals surface area contributed by atoms with Gasteiger partial charge in [-0.2, -0.15) is 0 Å². The molecule has 1 N–H and O–H groups in total. The van der Waals surface area contributed by atoms with Crippen molar-refractivity contribution >= 4 is 0 Å². The van der Waals surface area contributed by atoms with Gasteiger partial charge in [-0.3, -0.25) is 0 Å². The number of hydrogen-bond acceptors (Lipinski definition) is 2. The van der Waals surface area contributed by atoms with Crippen molar-refractivity contribution in [3.8, 4) is 0 Å². The van der Waals surface area contributed by atoms with Gasteiger partial charge in [0.15, 0.2) is 0 Å². The largest absolute Gasteiger partial charge is 0.306 e. The van der Waals surface area contributed by atoms with Crippen molar-refractivity contribution in [3.63, 3.8) is 0 Å². The first-order valence-corrected chi connectivity index (χ1v) is 7.68. The normalized spacial score (nSPS) is 31.4. The fourth-order valence-corrected chi connectivity index (χ4v) is 3.83. The van der Waals surface area contributed by atoms with Crippen LogP contribution in [0.2, 0.25) is 0 Å². The maximum atomic E-state index is 3.88. The van der Waals surface area contributed by atoms with Crippen molar-refractivity contribution in [2.45, 2.75) is 45.7 Å². The summed E-state index contributed by atoms with van der Waals surface area (Å²) in [5.74, 6) is 0.901. The van der Waals surface area contributed by atoms with E-state index >= 15 is 0 Å². The van der Waals surface area contributed by atoms with Gasteiger partial charge in [-0.25, -0.2) is 0 Å². The lowest BCUT2D eigenvalue weighted by Crippen LogP contribution is -2.56. The molecule has 2 bridgehead atoms. The van der Waals surface area contributed by atoms with Crippen LogP contribution in [0.25, 0.3) is 0 Å². The van der Waals surface area contributed by atoms with E-state index in [4.69, 9.17) is 0 Å². The summed E-state index contributed by atoms with van der Waals surface area (Å²) in [5, 5.41) is 3.88. The molecule has 1 aromatic carbocycles. The van der Waals surface area contributed by atoms with E-state index in [0.29, 0.717) is 12.1 Å². The summed E-state index contributed by atoms with van der Waals surface area (Å²) in [6.45, 7) is 10.6. The third kappa shape index (κ3) is 2.85. The second-order valence-electron chi connectivity index (χ2n) is 6.55. The maximum Gasteiger partial charge on any atom is 0.0295 e. The Bertz CT molecular complexity index is 426. The Labute approximate surface area is 117 Å². The molecule has 2 heteroatoms. The molecule has 0 radical (unpaired) electrons.